The van der Waals surface area contributed by atoms with Crippen molar-refractivity contribution in [3.05, 3.63) is 83.9 Å². The number of amides is 2. The molecule has 4 rings (SSSR count). The van der Waals surface area contributed by atoms with Crippen molar-refractivity contribution in [2.24, 2.45) is 0 Å². The van der Waals surface area contributed by atoms with Gasteiger partial charge in [-0.15, -0.1) is 0 Å². The molecule has 10 heteroatoms. The Morgan fingerprint density at radius 2 is 1.63 bits per heavy atom. The molecule has 2 heterocycles. The van der Waals surface area contributed by atoms with Crippen LogP contribution in [0, 0.1) is 0 Å². The molecule has 0 saturated carbocycles. The molecule has 3 atom stereocenters. The Labute approximate surface area is 203 Å². The van der Waals surface area contributed by atoms with E-state index < -0.39 is 49.9 Å². The summed E-state index contributed by atoms with van der Waals surface area (Å²) in [5.74, 6) is -1.96. The van der Waals surface area contributed by atoms with E-state index in [1.165, 1.54) is 21.1 Å². The van der Waals surface area contributed by atoms with Gasteiger partial charge in [0.05, 0.1) is 13.5 Å². The highest BCUT2D eigenvalue weighted by Crippen LogP contribution is 2.47. The normalized spacial score (nSPS) is 24.8. The second kappa shape index (κ2) is 9.27. The maximum atomic E-state index is 13.6. The van der Waals surface area contributed by atoms with Crippen LogP contribution in [-0.4, -0.2) is 66.5 Å². The lowest BCUT2D eigenvalue weighted by atomic mass is 9.95. The standard InChI is InChI=1S/C25H26N2O7S/c1-25(15-14-19(28)26(2)33-3)23(27-20(29)16-21(27)35(25,31)32)24(30)34-22(17-10-6-4-7-11-17)18-12-8-5-9-13-18/h4-15,21-23H,16H2,1-3H3/b15-14+/t21-,23+,25+/m1/s1. The van der Waals surface area contributed by atoms with E-state index in [1.54, 1.807) is 48.5 Å². The van der Waals surface area contributed by atoms with Crippen LogP contribution in [-0.2, 0) is 33.8 Å². The van der Waals surface area contributed by atoms with Crippen molar-refractivity contribution >= 4 is 27.6 Å². The minimum Gasteiger partial charge on any atom is -0.451 e. The largest absolute Gasteiger partial charge is 0.451 e. The molecule has 0 bridgehead atoms. The monoisotopic (exact) mass is 498 g/mol. The lowest BCUT2D eigenvalue weighted by molar-refractivity contribution is -0.164. The number of ether oxygens (including phenoxy) is 1. The van der Waals surface area contributed by atoms with E-state index in [1.807, 2.05) is 12.1 Å². The zero-order valence-corrected chi connectivity index (χ0v) is 20.3. The van der Waals surface area contributed by atoms with Gasteiger partial charge in [0.25, 0.3) is 5.91 Å². The van der Waals surface area contributed by atoms with Crippen LogP contribution in [0.4, 0.5) is 0 Å². The molecule has 2 saturated heterocycles. The van der Waals surface area contributed by atoms with E-state index in [0.29, 0.717) is 11.1 Å². The number of carbonyl (C=O) groups is 3. The highest BCUT2D eigenvalue weighted by atomic mass is 32.2. The van der Waals surface area contributed by atoms with Gasteiger partial charge in [0.15, 0.2) is 22.0 Å². The number of fused-ring (bicyclic) bond motifs is 1. The molecule has 0 N–H and O–H groups in total. The SMILES string of the molecule is CON(C)C(=O)/C=C/[C@@]1(C)[C@H](C(=O)OC(c2ccccc2)c2ccccc2)N2C(=O)C[C@H]2S1(=O)=O. The molecule has 0 radical (unpaired) electrons. The van der Waals surface area contributed by atoms with Crippen LogP contribution >= 0.6 is 0 Å². The minimum absolute atomic E-state index is 0.220. The number of benzene rings is 2. The molecule has 2 aliphatic rings. The van der Waals surface area contributed by atoms with E-state index in [4.69, 9.17) is 9.57 Å². The second-order valence-electron chi connectivity index (χ2n) is 8.58. The first-order valence-corrected chi connectivity index (χ1v) is 12.5. The van der Waals surface area contributed by atoms with E-state index in [9.17, 15) is 22.8 Å². The van der Waals surface area contributed by atoms with Crippen molar-refractivity contribution in [3.8, 4) is 0 Å². The molecular formula is C25H26N2O7S. The van der Waals surface area contributed by atoms with Crippen LogP contribution in [0.2, 0.25) is 0 Å². The lowest BCUT2D eigenvalue weighted by Crippen LogP contribution is -2.57. The first-order valence-electron chi connectivity index (χ1n) is 11.0. The third-order valence-electron chi connectivity index (χ3n) is 6.54. The molecule has 2 aliphatic heterocycles. The summed E-state index contributed by atoms with van der Waals surface area (Å²) in [5, 5.41) is -0.236. The molecule has 0 aliphatic carbocycles. The number of nitrogens with zero attached hydrogens (tertiary/aromatic N) is 2. The molecule has 0 unspecified atom stereocenters. The second-order valence-corrected chi connectivity index (χ2v) is 11.1. The van der Waals surface area contributed by atoms with Crippen LogP contribution in [0.3, 0.4) is 0 Å². The van der Waals surface area contributed by atoms with E-state index in [0.717, 1.165) is 22.1 Å². The Bertz CT molecular complexity index is 1220. The summed E-state index contributed by atoms with van der Waals surface area (Å²) in [4.78, 5) is 44.3. The number of likely N-dealkylation sites (N-methyl/N-ethyl adjacent to an activating group) is 1. The first-order chi connectivity index (χ1) is 16.6. The molecule has 2 fully saturated rings. The van der Waals surface area contributed by atoms with Gasteiger partial charge in [-0.3, -0.25) is 14.4 Å². The van der Waals surface area contributed by atoms with E-state index >= 15 is 0 Å². The number of esters is 1. The van der Waals surface area contributed by atoms with Crippen LogP contribution in [0.15, 0.2) is 72.8 Å². The van der Waals surface area contributed by atoms with E-state index in [-0.39, 0.29) is 6.42 Å². The highest BCUT2D eigenvalue weighted by Gasteiger charge is 2.69. The third-order valence-corrected chi connectivity index (χ3v) is 9.24. The topological polar surface area (TPSA) is 110 Å². The van der Waals surface area contributed by atoms with Gasteiger partial charge in [-0.25, -0.2) is 18.3 Å². The molecule has 9 nitrogen and oxygen atoms in total. The zero-order valence-electron chi connectivity index (χ0n) is 19.5. The third kappa shape index (κ3) is 4.12. The molecule has 0 spiro atoms. The van der Waals surface area contributed by atoms with Crippen molar-refractivity contribution in [1.29, 1.82) is 0 Å². The van der Waals surface area contributed by atoms with Crippen LogP contribution in [0.5, 0.6) is 0 Å². The summed E-state index contributed by atoms with van der Waals surface area (Å²) < 4.78 is 30.9. The summed E-state index contributed by atoms with van der Waals surface area (Å²) >= 11 is 0. The number of hydrogen-bond acceptors (Lipinski definition) is 7. The predicted molar refractivity (Wildman–Crippen MR) is 126 cm³/mol. The molecular weight excluding hydrogens is 472 g/mol. The van der Waals surface area contributed by atoms with E-state index in [2.05, 4.69) is 0 Å². The minimum atomic E-state index is -4.04. The Balaban J connectivity index is 1.73. The zero-order chi connectivity index (χ0) is 25.4. The Morgan fingerprint density at radius 3 is 2.11 bits per heavy atom. The molecule has 2 aromatic rings. The summed E-state index contributed by atoms with van der Waals surface area (Å²) in [6.45, 7) is 1.33. The van der Waals surface area contributed by atoms with Crippen LogP contribution in [0.1, 0.15) is 30.6 Å². The average molecular weight is 499 g/mol. The Morgan fingerprint density at radius 1 is 1.09 bits per heavy atom. The number of hydrogen-bond donors (Lipinski definition) is 0. The predicted octanol–water partition coefficient (Wildman–Crippen LogP) is 2.01. The summed E-state index contributed by atoms with van der Waals surface area (Å²) in [6, 6.07) is 16.6. The van der Waals surface area contributed by atoms with Gasteiger partial charge < -0.3 is 9.64 Å². The van der Waals surface area contributed by atoms with Gasteiger partial charge in [0.1, 0.15) is 10.1 Å². The van der Waals surface area contributed by atoms with Crippen LogP contribution in [0.25, 0.3) is 0 Å². The van der Waals surface area contributed by atoms with Crippen molar-refractivity contribution < 1.29 is 32.4 Å². The fourth-order valence-electron chi connectivity index (χ4n) is 4.43. The van der Waals surface area contributed by atoms with Gasteiger partial charge >= 0.3 is 5.97 Å². The number of hydroxylamine groups is 2. The van der Waals surface area contributed by atoms with Crippen molar-refractivity contribution in [3.63, 3.8) is 0 Å². The van der Waals surface area contributed by atoms with Crippen molar-refractivity contribution in [1.82, 2.24) is 9.96 Å². The maximum Gasteiger partial charge on any atom is 0.331 e. The summed E-state index contributed by atoms with van der Waals surface area (Å²) in [5.41, 5.74) is 1.38. The number of carbonyl (C=O) groups excluding carboxylic acids is 3. The van der Waals surface area contributed by atoms with Gasteiger partial charge in [-0.2, -0.15) is 0 Å². The Kier molecular flexibility index (Phi) is 6.52. The Hall–Kier alpha value is -3.50. The van der Waals surface area contributed by atoms with Gasteiger partial charge in [0, 0.05) is 13.1 Å². The van der Waals surface area contributed by atoms with Gasteiger partial charge in [-0.05, 0) is 18.1 Å². The van der Waals surface area contributed by atoms with Gasteiger partial charge in [0.2, 0.25) is 5.91 Å². The van der Waals surface area contributed by atoms with Crippen LogP contribution < -0.4 is 0 Å². The van der Waals surface area contributed by atoms with Crippen molar-refractivity contribution in [2.75, 3.05) is 14.2 Å². The lowest BCUT2D eigenvalue weighted by Gasteiger charge is -2.36. The molecule has 2 amide bonds. The quantitative estimate of drug-likeness (QED) is 0.249. The number of β-lactam (4-membered cyclic amide) rings is 1. The summed E-state index contributed by atoms with van der Waals surface area (Å²) in [7, 11) is -1.39. The number of rotatable bonds is 7. The van der Waals surface area contributed by atoms with Gasteiger partial charge in [-0.1, -0.05) is 66.7 Å². The molecule has 2 aromatic carbocycles. The summed E-state index contributed by atoms with van der Waals surface area (Å²) in [6.07, 6.45) is 1.14. The fourth-order valence-corrected chi connectivity index (χ4v) is 6.69. The highest BCUT2D eigenvalue weighted by molar-refractivity contribution is 7.94. The maximum absolute atomic E-state index is 13.6. The fraction of sp³-hybridized carbons (Fsp3) is 0.320. The molecule has 35 heavy (non-hydrogen) atoms. The smallest absolute Gasteiger partial charge is 0.331 e. The first kappa shape index (κ1) is 24.6. The van der Waals surface area contributed by atoms with Crippen molar-refractivity contribution in [2.45, 2.75) is 35.6 Å². The molecule has 184 valence electrons. The average Bonchev–Trinajstić information content (AvgIpc) is 3.01. The molecule has 0 aromatic heterocycles. The number of sulfone groups is 1.